The van der Waals surface area contributed by atoms with E-state index in [1.54, 1.807) is 12.3 Å². The van der Waals surface area contributed by atoms with Gasteiger partial charge in [-0.2, -0.15) is 0 Å². The Balaban J connectivity index is 2.12. The zero-order valence-electron chi connectivity index (χ0n) is 9.13. The number of hydrogen-bond donors (Lipinski definition) is 1. The van der Waals surface area contributed by atoms with Gasteiger partial charge in [-0.15, -0.1) is 0 Å². The Bertz CT molecular complexity index is 724. The normalized spacial score (nSPS) is 12.7. The first-order chi connectivity index (χ1) is 8.75. The molecule has 0 saturated carbocycles. The van der Waals surface area contributed by atoms with Gasteiger partial charge in [0, 0.05) is 11.1 Å². The van der Waals surface area contributed by atoms with Gasteiger partial charge in [-0.3, -0.25) is 0 Å². The minimum Gasteiger partial charge on any atom is -0.346 e. The van der Waals surface area contributed by atoms with Crippen molar-refractivity contribution >= 4 is 21.8 Å². The largest absolute Gasteiger partial charge is 0.346 e. The highest BCUT2D eigenvalue weighted by molar-refractivity contribution is 7.85. The fourth-order valence-corrected chi connectivity index (χ4v) is 2.78. The molecule has 0 spiro atoms. The molecule has 0 radical (unpaired) electrons. The summed E-state index contributed by atoms with van der Waals surface area (Å²) in [5.41, 5.74) is 0.635. The van der Waals surface area contributed by atoms with Crippen LogP contribution in [0.3, 0.4) is 0 Å². The lowest BCUT2D eigenvalue weighted by Crippen LogP contribution is -1.97. The summed E-state index contributed by atoms with van der Waals surface area (Å²) >= 11 is 0. The number of H-pyrrole nitrogens is 1. The maximum Gasteiger partial charge on any atom is 0.144 e. The third kappa shape index (κ3) is 1.80. The molecule has 0 saturated heterocycles. The average molecular weight is 261 g/mol. The summed E-state index contributed by atoms with van der Waals surface area (Å²) < 4.78 is 25.2. The van der Waals surface area contributed by atoms with Crippen molar-refractivity contribution in [2.45, 2.75) is 9.92 Å². The van der Waals surface area contributed by atoms with Gasteiger partial charge in [-0.05, 0) is 30.3 Å². The molecule has 0 aliphatic rings. The molecule has 1 atom stereocenters. The van der Waals surface area contributed by atoms with E-state index < -0.39 is 10.8 Å². The zero-order chi connectivity index (χ0) is 12.5. The topological polar surface area (TPSA) is 58.6 Å². The van der Waals surface area contributed by atoms with Gasteiger partial charge in [0.2, 0.25) is 0 Å². The molecule has 90 valence electrons. The number of fused-ring (bicyclic) bond motifs is 1. The number of aromatic amines is 1. The van der Waals surface area contributed by atoms with Gasteiger partial charge in [0.1, 0.15) is 33.6 Å². The fraction of sp³-hybridized carbons (Fsp3) is 0. The standard InChI is InChI=1S/C12H8FN3OS/c13-8-1-3-9(4-2-8)18(17)12-10-5-6-14-11(10)15-7-16-12/h1-7H,(H,14,15,16). The number of hydrogen-bond acceptors (Lipinski definition) is 3. The van der Waals surface area contributed by atoms with Crippen LogP contribution in [0.2, 0.25) is 0 Å². The van der Waals surface area contributed by atoms with Gasteiger partial charge in [-0.1, -0.05) is 0 Å². The second-order valence-corrected chi connectivity index (χ2v) is 5.04. The van der Waals surface area contributed by atoms with E-state index in [2.05, 4.69) is 15.0 Å². The first kappa shape index (κ1) is 11.0. The molecular formula is C12H8FN3OS. The van der Waals surface area contributed by atoms with Gasteiger partial charge < -0.3 is 4.98 Å². The van der Waals surface area contributed by atoms with E-state index in [0.717, 1.165) is 0 Å². The van der Waals surface area contributed by atoms with Crippen LogP contribution in [0.5, 0.6) is 0 Å². The van der Waals surface area contributed by atoms with Crippen molar-refractivity contribution in [3.63, 3.8) is 0 Å². The number of benzene rings is 1. The Hall–Kier alpha value is -2.08. The predicted molar refractivity (Wildman–Crippen MR) is 65.0 cm³/mol. The summed E-state index contributed by atoms with van der Waals surface area (Å²) in [6.07, 6.45) is 3.07. The minimum atomic E-state index is -1.45. The van der Waals surface area contributed by atoms with Gasteiger partial charge in [0.25, 0.3) is 0 Å². The molecular weight excluding hydrogens is 253 g/mol. The Kier molecular flexibility index (Phi) is 2.64. The summed E-state index contributed by atoms with van der Waals surface area (Å²) in [7, 11) is -1.45. The smallest absolute Gasteiger partial charge is 0.144 e. The fourth-order valence-electron chi connectivity index (χ4n) is 1.67. The third-order valence-corrected chi connectivity index (χ3v) is 3.90. The Morgan fingerprint density at radius 3 is 2.67 bits per heavy atom. The van der Waals surface area contributed by atoms with Gasteiger partial charge in [0.15, 0.2) is 0 Å². The first-order valence-electron chi connectivity index (χ1n) is 5.21. The summed E-state index contributed by atoms with van der Waals surface area (Å²) in [6.45, 7) is 0. The quantitative estimate of drug-likeness (QED) is 0.720. The number of nitrogens with one attached hydrogen (secondary N) is 1. The molecule has 0 fully saturated rings. The molecule has 1 unspecified atom stereocenters. The molecule has 0 bridgehead atoms. The second kappa shape index (κ2) is 4.30. The maximum absolute atomic E-state index is 12.8. The van der Waals surface area contributed by atoms with Crippen LogP contribution in [0.25, 0.3) is 11.0 Å². The van der Waals surface area contributed by atoms with Gasteiger partial charge >= 0.3 is 0 Å². The van der Waals surface area contributed by atoms with Crippen molar-refractivity contribution in [2.24, 2.45) is 0 Å². The van der Waals surface area contributed by atoms with E-state index in [4.69, 9.17) is 0 Å². The van der Waals surface area contributed by atoms with Crippen LogP contribution in [-0.4, -0.2) is 19.2 Å². The van der Waals surface area contributed by atoms with E-state index in [9.17, 15) is 8.60 Å². The summed E-state index contributed by atoms with van der Waals surface area (Å²) in [6, 6.07) is 7.32. The highest BCUT2D eigenvalue weighted by Crippen LogP contribution is 2.21. The van der Waals surface area contributed by atoms with Crippen LogP contribution in [-0.2, 0) is 10.8 Å². The van der Waals surface area contributed by atoms with E-state index in [1.165, 1.54) is 30.6 Å². The Morgan fingerprint density at radius 2 is 1.89 bits per heavy atom. The predicted octanol–water partition coefficient (Wildman–Crippen LogP) is 2.26. The summed E-state index contributed by atoms with van der Waals surface area (Å²) in [5.74, 6) is -0.356. The molecule has 4 nitrogen and oxygen atoms in total. The monoisotopic (exact) mass is 261 g/mol. The van der Waals surface area contributed by atoms with Crippen LogP contribution in [0.1, 0.15) is 0 Å². The molecule has 6 heteroatoms. The number of rotatable bonds is 2. The Labute approximate surface area is 104 Å². The van der Waals surface area contributed by atoms with Gasteiger partial charge in [-0.25, -0.2) is 18.6 Å². The average Bonchev–Trinajstić information content (AvgIpc) is 2.87. The zero-order valence-corrected chi connectivity index (χ0v) is 9.95. The van der Waals surface area contributed by atoms with Crippen LogP contribution in [0, 0.1) is 5.82 Å². The Morgan fingerprint density at radius 1 is 1.11 bits per heavy atom. The molecule has 3 aromatic rings. The lowest BCUT2D eigenvalue weighted by molar-refractivity contribution is 0.626. The minimum absolute atomic E-state index is 0.356. The van der Waals surface area contributed by atoms with Crippen molar-refractivity contribution in [1.82, 2.24) is 15.0 Å². The SMILES string of the molecule is O=S(c1ccc(F)cc1)c1ncnc2[nH]ccc12. The number of aromatic nitrogens is 3. The molecule has 0 amide bonds. The van der Waals surface area contributed by atoms with Crippen LogP contribution in [0.4, 0.5) is 4.39 Å². The number of halogens is 1. The molecule has 2 aromatic heterocycles. The molecule has 2 heterocycles. The first-order valence-corrected chi connectivity index (χ1v) is 6.36. The molecule has 0 aliphatic carbocycles. The van der Waals surface area contributed by atoms with Gasteiger partial charge in [0.05, 0.1) is 5.39 Å². The molecule has 0 aliphatic heterocycles. The maximum atomic E-state index is 12.8. The van der Waals surface area contributed by atoms with E-state index in [1.807, 2.05) is 0 Å². The van der Waals surface area contributed by atoms with E-state index >= 15 is 0 Å². The number of nitrogens with zero attached hydrogens (tertiary/aromatic N) is 2. The lowest BCUT2D eigenvalue weighted by atomic mass is 10.4. The molecule has 1 aromatic carbocycles. The van der Waals surface area contributed by atoms with Crippen LogP contribution < -0.4 is 0 Å². The molecule has 1 N–H and O–H groups in total. The summed E-state index contributed by atoms with van der Waals surface area (Å²) in [5, 5.41) is 1.13. The molecule has 18 heavy (non-hydrogen) atoms. The highest BCUT2D eigenvalue weighted by Gasteiger charge is 2.13. The van der Waals surface area contributed by atoms with E-state index in [-0.39, 0.29) is 5.82 Å². The highest BCUT2D eigenvalue weighted by atomic mass is 32.2. The van der Waals surface area contributed by atoms with Crippen molar-refractivity contribution in [3.05, 3.63) is 48.7 Å². The van der Waals surface area contributed by atoms with Crippen LogP contribution in [0.15, 0.2) is 52.8 Å². The van der Waals surface area contributed by atoms with Crippen molar-refractivity contribution in [1.29, 1.82) is 0 Å². The molecule has 3 rings (SSSR count). The van der Waals surface area contributed by atoms with E-state index in [0.29, 0.717) is 21.0 Å². The third-order valence-electron chi connectivity index (χ3n) is 2.52. The van der Waals surface area contributed by atoms with Crippen LogP contribution >= 0.6 is 0 Å². The van der Waals surface area contributed by atoms with Crippen molar-refractivity contribution < 1.29 is 8.60 Å². The van der Waals surface area contributed by atoms with Crippen molar-refractivity contribution in [2.75, 3.05) is 0 Å². The lowest BCUT2D eigenvalue weighted by Gasteiger charge is -2.02. The second-order valence-electron chi connectivity index (χ2n) is 3.64. The van der Waals surface area contributed by atoms with Crippen molar-refractivity contribution in [3.8, 4) is 0 Å². The summed E-state index contributed by atoms with van der Waals surface area (Å²) in [4.78, 5) is 11.5.